The van der Waals surface area contributed by atoms with Crippen molar-refractivity contribution < 1.29 is 9.32 Å². The Bertz CT molecular complexity index is 447. The van der Waals surface area contributed by atoms with Gasteiger partial charge in [0.05, 0.1) is 0 Å². The molecule has 1 amide bonds. The molecule has 2 saturated heterocycles. The molecule has 2 aliphatic heterocycles. The van der Waals surface area contributed by atoms with Gasteiger partial charge in [-0.25, -0.2) is 0 Å². The van der Waals surface area contributed by atoms with Gasteiger partial charge in [-0.3, -0.25) is 4.79 Å². The standard InChI is InChI=1S/C13H20N4O2/c1-9-4-12(16-19-9)15-13(18)2-3-17-7-10-5-14-6-11(10)8-17/h4,10-11,14H,2-3,5-8H2,1H3,(H,15,16,18). The van der Waals surface area contributed by atoms with E-state index < -0.39 is 0 Å². The van der Waals surface area contributed by atoms with Gasteiger partial charge >= 0.3 is 0 Å². The first kappa shape index (κ1) is 12.6. The number of anilines is 1. The molecule has 19 heavy (non-hydrogen) atoms. The zero-order valence-electron chi connectivity index (χ0n) is 11.2. The summed E-state index contributed by atoms with van der Waals surface area (Å²) in [5.41, 5.74) is 0. The number of carbonyl (C=O) groups excluding carboxylic acids is 1. The van der Waals surface area contributed by atoms with Crippen LogP contribution in [0.25, 0.3) is 0 Å². The Morgan fingerprint density at radius 2 is 2.26 bits per heavy atom. The van der Waals surface area contributed by atoms with Gasteiger partial charge in [-0.15, -0.1) is 0 Å². The number of amides is 1. The van der Waals surface area contributed by atoms with Gasteiger partial charge in [-0.05, 0) is 31.8 Å². The number of hydrogen-bond acceptors (Lipinski definition) is 5. The van der Waals surface area contributed by atoms with E-state index in [1.807, 2.05) is 0 Å². The van der Waals surface area contributed by atoms with Crippen molar-refractivity contribution in [3.63, 3.8) is 0 Å². The maximum absolute atomic E-state index is 11.8. The number of carbonyl (C=O) groups is 1. The summed E-state index contributed by atoms with van der Waals surface area (Å²) in [6, 6.07) is 1.73. The molecule has 0 aliphatic carbocycles. The van der Waals surface area contributed by atoms with Gasteiger partial charge in [0.1, 0.15) is 5.76 Å². The summed E-state index contributed by atoms with van der Waals surface area (Å²) in [6.07, 6.45) is 0.513. The summed E-state index contributed by atoms with van der Waals surface area (Å²) >= 11 is 0. The van der Waals surface area contributed by atoms with Crippen LogP contribution < -0.4 is 10.6 Å². The Morgan fingerprint density at radius 1 is 1.53 bits per heavy atom. The van der Waals surface area contributed by atoms with E-state index in [0.29, 0.717) is 18.0 Å². The molecule has 0 bridgehead atoms. The number of aromatic nitrogens is 1. The molecule has 2 unspecified atom stereocenters. The molecule has 2 N–H and O–H groups in total. The fourth-order valence-electron chi connectivity index (χ4n) is 3.03. The van der Waals surface area contributed by atoms with Crippen LogP contribution in [0.2, 0.25) is 0 Å². The van der Waals surface area contributed by atoms with Crippen molar-refractivity contribution in [3.05, 3.63) is 11.8 Å². The van der Waals surface area contributed by atoms with E-state index in [-0.39, 0.29) is 5.91 Å². The third-order valence-electron chi connectivity index (χ3n) is 4.02. The first-order valence-corrected chi connectivity index (χ1v) is 6.87. The highest BCUT2D eigenvalue weighted by atomic mass is 16.5. The van der Waals surface area contributed by atoms with Crippen LogP contribution in [0, 0.1) is 18.8 Å². The molecule has 2 fully saturated rings. The number of hydrogen-bond donors (Lipinski definition) is 2. The molecule has 104 valence electrons. The van der Waals surface area contributed by atoms with Gasteiger partial charge in [-0.2, -0.15) is 0 Å². The predicted molar refractivity (Wildman–Crippen MR) is 70.8 cm³/mol. The largest absolute Gasteiger partial charge is 0.360 e. The van der Waals surface area contributed by atoms with Gasteiger partial charge < -0.3 is 20.1 Å². The quantitative estimate of drug-likeness (QED) is 0.827. The SMILES string of the molecule is Cc1cc(NC(=O)CCN2CC3CNCC3C2)no1. The highest BCUT2D eigenvalue weighted by molar-refractivity contribution is 5.89. The first-order valence-electron chi connectivity index (χ1n) is 6.87. The molecule has 0 spiro atoms. The molecule has 0 radical (unpaired) electrons. The average Bonchev–Trinajstić information content (AvgIpc) is 3.02. The molecule has 6 heteroatoms. The molecule has 0 saturated carbocycles. The van der Waals surface area contributed by atoms with Crippen molar-refractivity contribution in [2.75, 3.05) is 38.0 Å². The lowest BCUT2D eigenvalue weighted by molar-refractivity contribution is -0.116. The van der Waals surface area contributed by atoms with Gasteiger partial charge in [0.25, 0.3) is 0 Å². The summed E-state index contributed by atoms with van der Waals surface area (Å²) < 4.78 is 4.91. The molecule has 0 aromatic carbocycles. The van der Waals surface area contributed by atoms with Crippen LogP contribution in [0.1, 0.15) is 12.2 Å². The van der Waals surface area contributed by atoms with E-state index in [4.69, 9.17) is 4.52 Å². The van der Waals surface area contributed by atoms with Crippen LogP contribution in [0.5, 0.6) is 0 Å². The Kier molecular flexibility index (Phi) is 3.52. The van der Waals surface area contributed by atoms with Crippen LogP contribution in [0.3, 0.4) is 0 Å². The second-order valence-corrected chi connectivity index (χ2v) is 5.56. The molecule has 6 nitrogen and oxygen atoms in total. The first-order chi connectivity index (χ1) is 9.20. The Hall–Kier alpha value is -1.40. The lowest BCUT2D eigenvalue weighted by Crippen LogP contribution is -2.29. The molecular weight excluding hydrogens is 244 g/mol. The zero-order valence-corrected chi connectivity index (χ0v) is 11.2. The second-order valence-electron chi connectivity index (χ2n) is 5.56. The normalized spacial score (nSPS) is 26.6. The van der Waals surface area contributed by atoms with Crippen molar-refractivity contribution in [2.24, 2.45) is 11.8 Å². The van der Waals surface area contributed by atoms with Crippen LogP contribution in [-0.4, -0.2) is 48.7 Å². The van der Waals surface area contributed by atoms with Crippen molar-refractivity contribution >= 4 is 11.7 Å². The molecule has 1 aromatic heterocycles. The van der Waals surface area contributed by atoms with E-state index in [2.05, 4.69) is 20.7 Å². The van der Waals surface area contributed by atoms with Gasteiger partial charge in [-0.1, -0.05) is 5.16 Å². The topological polar surface area (TPSA) is 70.4 Å². The highest BCUT2D eigenvalue weighted by Crippen LogP contribution is 2.26. The minimum atomic E-state index is 0.00323. The monoisotopic (exact) mass is 264 g/mol. The molecule has 1 aromatic rings. The molecule has 3 heterocycles. The highest BCUT2D eigenvalue weighted by Gasteiger charge is 2.35. The van der Waals surface area contributed by atoms with Crippen molar-refractivity contribution in [1.82, 2.24) is 15.4 Å². The minimum Gasteiger partial charge on any atom is -0.360 e. The number of aryl methyl sites for hydroxylation is 1. The van der Waals surface area contributed by atoms with E-state index >= 15 is 0 Å². The Labute approximate surface area is 112 Å². The predicted octanol–water partition coefficient (Wildman–Crippen LogP) is 0.463. The van der Waals surface area contributed by atoms with Crippen LogP contribution in [0.15, 0.2) is 10.6 Å². The summed E-state index contributed by atoms with van der Waals surface area (Å²) in [4.78, 5) is 14.2. The smallest absolute Gasteiger partial charge is 0.226 e. The molecule has 3 rings (SSSR count). The Balaban J connectivity index is 1.41. The minimum absolute atomic E-state index is 0.00323. The van der Waals surface area contributed by atoms with Crippen LogP contribution >= 0.6 is 0 Å². The third-order valence-corrected chi connectivity index (χ3v) is 4.02. The maximum Gasteiger partial charge on any atom is 0.226 e. The number of nitrogens with one attached hydrogen (secondary N) is 2. The van der Waals surface area contributed by atoms with Crippen LogP contribution in [0.4, 0.5) is 5.82 Å². The van der Waals surface area contributed by atoms with Gasteiger partial charge in [0, 0.05) is 32.1 Å². The fourth-order valence-corrected chi connectivity index (χ4v) is 3.03. The van der Waals surface area contributed by atoms with Gasteiger partial charge in [0.15, 0.2) is 5.82 Å². The summed E-state index contributed by atoms with van der Waals surface area (Å²) in [6.45, 7) is 7.13. The molecule has 2 aliphatic rings. The van der Waals surface area contributed by atoms with Gasteiger partial charge in [0.2, 0.25) is 5.91 Å². The van der Waals surface area contributed by atoms with E-state index in [9.17, 15) is 4.79 Å². The van der Waals surface area contributed by atoms with Crippen molar-refractivity contribution in [1.29, 1.82) is 0 Å². The summed E-state index contributed by atoms with van der Waals surface area (Å²) in [5.74, 6) is 2.77. The van der Waals surface area contributed by atoms with Crippen LogP contribution in [-0.2, 0) is 4.79 Å². The average molecular weight is 264 g/mol. The third kappa shape index (κ3) is 2.96. The zero-order chi connectivity index (χ0) is 13.2. The molecule has 2 atom stereocenters. The molecular formula is C13H20N4O2. The summed E-state index contributed by atoms with van der Waals surface area (Å²) in [5, 5.41) is 9.93. The number of fused-ring (bicyclic) bond motifs is 1. The number of nitrogens with zero attached hydrogens (tertiary/aromatic N) is 2. The maximum atomic E-state index is 11.8. The number of rotatable bonds is 4. The Morgan fingerprint density at radius 3 is 2.89 bits per heavy atom. The van der Waals surface area contributed by atoms with Crippen molar-refractivity contribution in [2.45, 2.75) is 13.3 Å². The second kappa shape index (κ2) is 5.30. The van der Waals surface area contributed by atoms with E-state index in [1.165, 1.54) is 0 Å². The van der Waals surface area contributed by atoms with Crippen molar-refractivity contribution in [3.8, 4) is 0 Å². The summed E-state index contributed by atoms with van der Waals surface area (Å²) in [7, 11) is 0. The lowest BCUT2D eigenvalue weighted by atomic mass is 10.0. The number of likely N-dealkylation sites (tertiary alicyclic amines) is 1. The van der Waals surface area contributed by atoms with E-state index in [1.54, 1.807) is 13.0 Å². The lowest BCUT2D eigenvalue weighted by Gasteiger charge is -2.16. The fraction of sp³-hybridized carbons (Fsp3) is 0.692. The van der Waals surface area contributed by atoms with E-state index in [0.717, 1.165) is 44.6 Å².